The zero-order valence-electron chi connectivity index (χ0n) is 15.1. The van der Waals surface area contributed by atoms with Crippen LogP contribution >= 0.6 is 0 Å². The Balaban J connectivity index is 2.03. The third kappa shape index (κ3) is 3.69. The van der Waals surface area contributed by atoms with Gasteiger partial charge < -0.3 is 23.7 Å². The molecule has 0 aliphatic carbocycles. The molecule has 0 fully saturated rings. The van der Waals surface area contributed by atoms with Crippen LogP contribution in [0.1, 0.15) is 5.56 Å². The lowest BCUT2D eigenvalue weighted by molar-refractivity contribution is -0.136. The van der Waals surface area contributed by atoms with E-state index in [1.165, 1.54) is 21.3 Å². The first kappa shape index (κ1) is 18.2. The van der Waals surface area contributed by atoms with Gasteiger partial charge in [-0.25, -0.2) is 0 Å². The summed E-state index contributed by atoms with van der Waals surface area (Å²) in [5, 5.41) is 17.2. The molecule has 0 aliphatic rings. The van der Waals surface area contributed by atoms with Crippen molar-refractivity contribution in [2.45, 2.75) is 6.42 Å². The third-order valence-electron chi connectivity index (χ3n) is 3.93. The second kappa shape index (κ2) is 7.77. The second-order valence-electron chi connectivity index (χ2n) is 5.55. The van der Waals surface area contributed by atoms with Gasteiger partial charge in [0, 0.05) is 11.1 Å². The van der Waals surface area contributed by atoms with Crippen molar-refractivity contribution in [3.8, 4) is 40.2 Å². The number of carboxylic acids is 1. The summed E-state index contributed by atoms with van der Waals surface area (Å²) < 4.78 is 21.8. The summed E-state index contributed by atoms with van der Waals surface area (Å²) in [6.07, 6.45) is -0.141. The lowest BCUT2D eigenvalue weighted by Crippen LogP contribution is -2.01. The molecule has 0 unspecified atom stereocenters. The SMILES string of the molecule is COc1cc(-c2nnc(-c3ccccc3CC(=O)O)o2)cc(OC)c1OC. The Hall–Kier alpha value is -3.55. The van der Waals surface area contributed by atoms with Crippen molar-refractivity contribution in [2.24, 2.45) is 0 Å². The molecule has 1 aromatic heterocycles. The number of rotatable bonds is 7. The van der Waals surface area contributed by atoms with Crippen LogP contribution in [0.25, 0.3) is 22.9 Å². The number of aromatic nitrogens is 2. The van der Waals surface area contributed by atoms with Crippen LogP contribution in [0.4, 0.5) is 0 Å². The predicted octanol–water partition coefficient (Wildman–Crippen LogP) is 3.06. The molecular weight excluding hydrogens is 352 g/mol. The first-order chi connectivity index (χ1) is 13.1. The lowest BCUT2D eigenvalue weighted by atomic mass is 10.0. The minimum atomic E-state index is -0.938. The van der Waals surface area contributed by atoms with E-state index in [0.29, 0.717) is 33.9 Å². The summed E-state index contributed by atoms with van der Waals surface area (Å²) in [6, 6.07) is 10.4. The van der Waals surface area contributed by atoms with Crippen molar-refractivity contribution < 1.29 is 28.5 Å². The van der Waals surface area contributed by atoms with Crippen molar-refractivity contribution in [1.82, 2.24) is 10.2 Å². The summed E-state index contributed by atoms with van der Waals surface area (Å²) in [5.74, 6) is 0.905. The average molecular weight is 370 g/mol. The van der Waals surface area contributed by atoms with Crippen molar-refractivity contribution in [3.05, 3.63) is 42.0 Å². The Morgan fingerprint density at radius 1 is 1.00 bits per heavy atom. The van der Waals surface area contributed by atoms with E-state index in [-0.39, 0.29) is 18.2 Å². The molecule has 8 heteroatoms. The Bertz CT molecular complexity index is 941. The molecule has 0 amide bonds. The van der Waals surface area contributed by atoms with Crippen LogP contribution in [-0.4, -0.2) is 42.6 Å². The van der Waals surface area contributed by atoms with E-state index in [2.05, 4.69) is 10.2 Å². The predicted molar refractivity (Wildman–Crippen MR) is 96.2 cm³/mol. The van der Waals surface area contributed by atoms with Crippen molar-refractivity contribution >= 4 is 5.97 Å². The fourth-order valence-electron chi connectivity index (χ4n) is 2.70. The molecule has 3 aromatic rings. The summed E-state index contributed by atoms with van der Waals surface area (Å²) >= 11 is 0. The van der Waals surface area contributed by atoms with Gasteiger partial charge in [0.2, 0.25) is 17.5 Å². The standard InChI is InChI=1S/C19H18N2O6/c1-24-14-8-12(9-15(25-2)17(14)26-3)18-20-21-19(27-18)13-7-5-4-6-11(13)10-16(22)23/h4-9H,10H2,1-3H3,(H,22,23). The van der Waals surface area contributed by atoms with E-state index >= 15 is 0 Å². The number of methoxy groups -OCH3 is 3. The Labute approximate surface area is 155 Å². The third-order valence-corrected chi connectivity index (χ3v) is 3.93. The molecule has 3 rings (SSSR count). The molecule has 0 bridgehead atoms. The molecule has 140 valence electrons. The van der Waals surface area contributed by atoms with Gasteiger partial charge >= 0.3 is 5.97 Å². The molecule has 1 heterocycles. The minimum Gasteiger partial charge on any atom is -0.493 e. The molecule has 8 nitrogen and oxygen atoms in total. The molecule has 0 aliphatic heterocycles. The smallest absolute Gasteiger partial charge is 0.307 e. The van der Waals surface area contributed by atoms with Gasteiger partial charge in [0.25, 0.3) is 0 Å². The van der Waals surface area contributed by atoms with E-state index < -0.39 is 5.97 Å². The summed E-state index contributed by atoms with van der Waals surface area (Å²) in [5.41, 5.74) is 1.75. The number of nitrogens with zero attached hydrogens (tertiary/aromatic N) is 2. The highest BCUT2D eigenvalue weighted by atomic mass is 16.5. The molecule has 0 radical (unpaired) electrons. The number of hydrogen-bond donors (Lipinski definition) is 1. The maximum absolute atomic E-state index is 11.1. The van der Waals surface area contributed by atoms with Gasteiger partial charge in [-0.3, -0.25) is 4.79 Å². The number of carbonyl (C=O) groups is 1. The highest BCUT2D eigenvalue weighted by Gasteiger charge is 2.19. The van der Waals surface area contributed by atoms with Crippen LogP contribution in [0.3, 0.4) is 0 Å². The maximum atomic E-state index is 11.1. The topological polar surface area (TPSA) is 104 Å². The number of carboxylic acid groups (broad SMARTS) is 1. The van der Waals surface area contributed by atoms with Gasteiger partial charge in [-0.05, 0) is 23.8 Å². The molecule has 2 aromatic carbocycles. The molecule has 0 atom stereocenters. The van der Waals surface area contributed by atoms with Crippen LogP contribution in [0.2, 0.25) is 0 Å². The maximum Gasteiger partial charge on any atom is 0.307 e. The van der Waals surface area contributed by atoms with Crippen LogP contribution in [0.15, 0.2) is 40.8 Å². The largest absolute Gasteiger partial charge is 0.493 e. The van der Waals surface area contributed by atoms with Gasteiger partial charge in [0.05, 0.1) is 27.8 Å². The highest BCUT2D eigenvalue weighted by Crippen LogP contribution is 2.41. The van der Waals surface area contributed by atoms with Crippen LogP contribution in [0.5, 0.6) is 17.2 Å². The molecule has 27 heavy (non-hydrogen) atoms. The number of benzene rings is 2. The van der Waals surface area contributed by atoms with E-state index in [0.717, 1.165) is 0 Å². The van der Waals surface area contributed by atoms with Crippen molar-refractivity contribution in [3.63, 3.8) is 0 Å². The van der Waals surface area contributed by atoms with Gasteiger partial charge in [-0.2, -0.15) is 0 Å². The number of aliphatic carboxylic acids is 1. The van der Waals surface area contributed by atoms with E-state index in [4.69, 9.17) is 23.7 Å². The monoisotopic (exact) mass is 370 g/mol. The Morgan fingerprint density at radius 3 is 2.22 bits per heavy atom. The zero-order chi connectivity index (χ0) is 19.4. The summed E-state index contributed by atoms with van der Waals surface area (Å²) in [7, 11) is 4.55. The molecule has 0 saturated carbocycles. The Morgan fingerprint density at radius 2 is 1.63 bits per heavy atom. The summed E-state index contributed by atoms with van der Waals surface area (Å²) in [6.45, 7) is 0. The normalized spacial score (nSPS) is 10.5. The van der Waals surface area contributed by atoms with Gasteiger partial charge in [0.15, 0.2) is 11.5 Å². The van der Waals surface area contributed by atoms with Crippen LogP contribution in [-0.2, 0) is 11.2 Å². The summed E-state index contributed by atoms with van der Waals surface area (Å²) in [4.78, 5) is 11.1. The lowest BCUT2D eigenvalue weighted by Gasteiger charge is -2.12. The van der Waals surface area contributed by atoms with E-state index in [1.807, 2.05) is 0 Å². The average Bonchev–Trinajstić information content (AvgIpc) is 3.16. The quantitative estimate of drug-likeness (QED) is 0.677. The van der Waals surface area contributed by atoms with Gasteiger partial charge in [-0.15, -0.1) is 10.2 Å². The van der Waals surface area contributed by atoms with Gasteiger partial charge in [0.1, 0.15) is 0 Å². The van der Waals surface area contributed by atoms with E-state index in [9.17, 15) is 4.79 Å². The molecular formula is C19H18N2O6. The molecule has 0 spiro atoms. The minimum absolute atomic E-state index is 0.141. The van der Waals surface area contributed by atoms with E-state index in [1.54, 1.807) is 36.4 Å². The first-order valence-corrected chi connectivity index (χ1v) is 8.01. The van der Waals surface area contributed by atoms with Crippen LogP contribution in [0, 0.1) is 0 Å². The fraction of sp³-hybridized carbons (Fsp3) is 0.211. The van der Waals surface area contributed by atoms with Gasteiger partial charge in [-0.1, -0.05) is 18.2 Å². The Kier molecular flexibility index (Phi) is 5.25. The number of hydrogen-bond acceptors (Lipinski definition) is 7. The zero-order valence-corrected chi connectivity index (χ0v) is 15.1. The van der Waals surface area contributed by atoms with Crippen LogP contribution < -0.4 is 14.2 Å². The second-order valence-corrected chi connectivity index (χ2v) is 5.55. The van der Waals surface area contributed by atoms with Crippen molar-refractivity contribution in [1.29, 1.82) is 0 Å². The number of ether oxygens (including phenoxy) is 3. The fourth-order valence-corrected chi connectivity index (χ4v) is 2.70. The van der Waals surface area contributed by atoms with Crippen molar-refractivity contribution in [2.75, 3.05) is 21.3 Å². The highest BCUT2D eigenvalue weighted by molar-refractivity contribution is 5.74. The molecule has 0 saturated heterocycles. The first-order valence-electron chi connectivity index (χ1n) is 8.01. The molecule has 1 N–H and O–H groups in total.